The van der Waals surface area contributed by atoms with E-state index < -0.39 is 0 Å². The molecule has 1 aromatic carbocycles. The summed E-state index contributed by atoms with van der Waals surface area (Å²) in [5.74, 6) is -0.359. The third kappa shape index (κ3) is 3.28. The molecule has 0 saturated carbocycles. The van der Waals surface area contributed by atoms with Crippen molar-refractivity contribution in [1.29, 1.82) is 0 Å². The summed E-state index contributed by atoms with van der Waals surface area (Å²) < 4.78 is 19.0. The molecule has 4 heteroatoms. The van der Waals surface area contributed by atoms with Gasteiger partial charge in [-0.2, -0.15) is 0 Å². The van der Waals surface area contributed by atoms with Crippen LogP contribution in [0.3, 0.4) is 0 Å². The zero-order chi connectivity index (χ0) is 13.9. The molecule has 0 spiro atoms. The SMILES string of the molecule is CCNCC1(Cc2ccc(F)c(Cl)c2)CCOC1C. The van der Waals surface area contributed by atoms with Gasteiger partial charge in [-0.25, -0.2) is 4.39 Å². The van der Waals surface area contributed by atoms with E-state index in [1.807, 2.05) is 6.07 Å². The minimum atomic E-state index is -0.359. The third-order valence-electron chi connectivity index (χ3n) is 4.10. The molecule has 0 aromatic heterocycles. The van der Waals surface area contributed by atoms with E-state index in [1.165, 1.54) is 6.07 Å². The molecule has 2 nitrogen and oxygen atoms in total. The van der Waals surface area contributed by atoms with Crippen LogP contribution in [0.1, 0.15) is 25.8 Å². The van der Waals surface area contributed by atoms with Crippen molar-refractivity contribution in [2.45, 2.75) is 32.8 Å². The molecule has 1 aliphatic rings. The monoisotopic (exact) mass is 285 g/mol. The van der Waals surface area contributed by atoms with Crippen molar-refractivity contribution in [2.24, 2.45) is 5.41 Å². The largest absolute Gasteiger partial charge is 0.378 e. The molecule has 0 aliphatic carbocycles. The molecular weight excluding hydrogens is 265 g/mol. The van der Waals surface area contributed by atoms with Gasteiger partial charge >= 0.3 is 0 Å². The second-order valence-corrected chi connectivity index (χ2v) is 5.74. The minimum Gasteiger partial charge on any atom is -0.378 e. The highest BCUT2D eigenvalue weighted by Crippen LogP contribution is 2.38. The predicted octanol–water partition coefficient (Wildman–Crippen LogP) is 3.43. The molecule has 106 valence electrons. The number of hydrogen-bond donors (Lipinski definition) is 1. The summed E-state index contributed by atoms with van der Waals surface area (Å²) in [4.78, 5) is 0. The molecule has 1 fully saturated rings. The van der Waals surface area contributed by atoms with Gasteiger partial charge in [0.2, 0.25) is 0 Å². The van der Waals surface area contributed by atoms with E-state index in [9.17, 15) is 4.39 Å². The summed E-state index contributed by atoms with van der Waals surface area (Å²) in [6, 6.07) is 4.99. The van der Waals surface area contributed by atoms with Crippen molar-refractivity contribution in [1.82, 2.24) is 5.32 Å². The van der Waals surface area contributed by atoms with Crippen molar-refractivity contribution in [3.05, 3.63) is 34.6 Å². The molecule has 1 aromatic rings. The lowest BCUT2D eigenvalue weighted by atomic mass is 9.76. The second kappa shape index (κ2) is 6.21. The Morgan fingerprint density at radius 3 is 2.89 bits per heavy atom. The van der Waals surface area contributed by atoms with E-state index in [0.717, 1.165) is 38.1 Å². The smallest absolute Gasteiger partial charge is 0.141 e. The molecule has 1 saturated heterocycles. The van der Waals surface area contributed by atoms with Gasteiger partial charge in [0.1, 0.15) is 5.82 Å². The Morgan fingerprint density at radius 2 is 2.32 bits per heavy atom. The molecule has 1 aliphatic heterocycles. The molecule has 2 unspecified atom stereocenters. The van der Waals surface area contributed by atoms with Crippen molar-refractivity contribution in [3.8, 4) is 0 Å². The molecule has 1 N–H and O–H groups in total. The first-order chi connectivity index (χ1) is 9.07. The molecule has 2 atom stereocenters. The fourth-order valence-electron chi connectivity index (χ4n) is 2.78. The maximum atomic E-state index is 13.2. The summed E-state index contributed by atoms with van der Waals surface area (Å²) in [5, 5.41) is 3.62. The van der Waals surface area contributed by atoms with Gasteiger partial charge in [-0.15, -0.1) is 0 Å². The van der Waals surface area contributed by atoms with E-state index in [1.54, 1.807) is 6.07 Å². The lowest BCUT2D eigenvalue weighted by Crippen LogP contribution is -2.41. The van der Waals surface area contributed by atoms with Crippen molar-refractivity contribution >= 4 is 11.6 Å². The average molecular weight is 286 g/mol. The molecule has 0 bridgehead atoms. The lowest BCUT2D eigenvalue weighted by Gasteiger charge is -2.32. The van der Waals surface area contributed by atoms with Crippen LogP contribution in [0.5, 0.6) is 0 Å². The highest BCUT2D eigenvalue weighted by Gasteiger charge is 2.41. The first kappa shape index (κ1) is 14.8. The summed E-state index contributed by atoms with van der Waals surface area (Å²) in [6.45, 7) is 6.87. The van der Waals surface area contributed by atoms with Crippen molar-refractivity contribution < 1.29 is 9.13 Å². The van der Waals surface area contributed by atoms with Crippen LogP contribution in [-0.4, -0.2) is 25.8 Å². The molecule has 0 amide bonds. The number of ether oxygens (including phenoxy) is 1. The van der Waals surface area contributed by atoms with Crippen LogP contribution in [0.25, 0.3) is 0 Å². The zero-order valence-corrected chi connectivity index (χ0v) is 12.3. The molecule has 2 rings (SSSR count). The number of rotatable bonds is 5. The van der Waals surface area contributed by atoms with E-state index in [-0.39, 0.29) is 22.4 Å². The lowest BCUT2D eigenvalue weighted by molar-refractivity contribution is 0.0633. The van der Waals surface area contributed by atoms with Gasteiger partial charge in [-0.05, 0) is 44.0 Å². The number of hydrogen-bond acceptors (Lipinski definition) is 2. The Kier molecular flexibility index (Phi) is 4.82. The van der Waals surface area contributed by atoms with Crippen LogP contribution in [-0.2, 0) is 11.2 Å². The number of nitrogens with one attached hydrogen (secondary N) is 1. The summed E-state index contributed by atoms with van der Waals surface area (Å²) in [7, 11) is 0. The Hall–Kier alpha value is -0.640. The van der Waals surface area contributed by atoms with E-state index >= 15 is 0 Å². The van der Waals surface area contributed by atoms with Crippen molar-refractivity contribution in [2.75, 3.05) is 19.7 Å². The maximum absolute atomic E-state index is 13.2. The van der Waals surface area contributed by atoms with Gasteiger partial charge in [0.15, 0.2) is 0 Å². The quantitative estimate of drug-likeness (QED) is 0.895. The van der Waals surface area contributed by atoms with Crippen LogP contribution in [0.15, 0.2) is 18.2 Å². The summed E-state index contributed by atoms with van der Waals surface area (Å²) in [6.07, 6.45) is 2.09. The predicted molar refractivity (Wildman–Crippen MR) is 76.1 cm³/mol. The van der Waals surface area contributed by atoms with Crippen LogP contribution in [0.2, 0.25) is 5.02 Å². The van der Waals surface area contributed by atoms with E-state index in [0.29, 0.717) is 0 Å². The number of halogens is 2. The van der Waals surface area contributed by atoms with Crippen molar-refractivity contribution in [3.63, 3.8) is 0 Å². The zero-order valence-electron chi connectivity index (χ0n) is 11.5. The molecule has 0 radical (unpaired) electrons. The van der Waals surface area contributed by atoms with Gasteiger partial charge in [-0.3, -0.25) is 0 Å². The Labute approximate surface area is 119 Å². The third-order valence-corrected chi connectivity index (χ3v) is 4.39. The summed E-state index contributed by atoms with van der Waals surface area (Å²) >= 11 is 5.86. The summed E-state index contributed by atoms with van der Waals surface area (Å²) in [5.41, 5.74) is 1.15. The minimum absolute atomic E-state index is 0.0805. The van der Waals surface area contributed by atoms with Gasteiger partial charge in [0.05, 0.1) is 11.1 Å². The Balaban J connectivity index is 2.17. The van der Waals surface area contributed by atoms with Gasteiger partial charge in [-0.1, -0.05) is 24.6 Å². The topological polar surface area (TPSA) is 21.3 Å². The van der Waals surface area contributed by atoms with Gasteiger partial charge in [0.25, 0.3) is 0 Å². The van der Waals surface area contributed by atoms with Gasteiger partial charge < -0.3 is 10.1 Å². The van der Waals surface area contributed by atoms with Gasteiger partial charge in [0, 0.05) is 18.6 Å². The Bertz CT molecular complexity index is 440. The van der Waals surface area contributed by atoms with Crippen LogP contribution in [0.4, 0.5) is 4.39 Å². The highest BCUT2D eigenvalue weighted by molar-refractivity contribution is 6.30. The van der Waals surface area contributed by atoms with Crippen LogP contribution < -0.4 is 5.32 Å². The molecule has 1 heterocycles. The normalized spacial score (nSPS) is 26.8. The van der Waals surface area contributed by atoms with Crippen LogP contribution >= 0.6 is 11.6 Å². The number of benzene rings is 1. The fraction of sp³-hybridized carbons (Fsp3) is 0.600. The molecule has 19 heavy (non-hydrogen) atoms. The Morgan fingerprint density at radius 1 is 1.53 bits per heavy atom. The average Bonchev–Trinajstić information content (AvgIpc) is 2.73. The first-order valence-electron chi connectivity index (χ1n) is 6.83. The van der Waals surface area contributed by atoms with Crippen LogP contribution in [0, 0.1) is 11.2 Å². The maximum Gasteiger partial charge on any atom is 0.141 e. The first-order valence-corrected chi connectivity index (χ1v) is 7.21. The standard InChI is InChI=1S/C15H21ClFNO/c1-3-18-10-15(6-7-19-11(15)2)9-12-4-5-14(17)13(16)8-12/h4-5,8,11,18H,3,6-7,9-10H2,1-2H3. The second-order valence-electron chi connectivity index (χ2n) is 5.33. The van der Waals surface area contributed by atoms with E-state index in [2.05, 4.69) is 19.2 Å². The van der Waals surface area contributed by atoms with E-state index in [4.69, 9.17) is 16.3 Å². The molecular formula is C15H21ClFNO. The fourth-order valence-corrected chi connectivity index (χ4v) is 2.98. The highest BCUT2D eigenvalue weighted by atomic mass is 35.5.